The molecule has 0 aromatic heterocycles. The first-order chi connectivity index (χ1) is 10.2. The van der Waals surface area contributed by atoms with Gasteiger partial charge in [-0.05, 0) is 73.7 Å². The summed E-state index contributed by atoms with van der Waals surface area (Å²) in [6.07, 6.45) is 7.36. The number of fused-ring (bicyclic) bond motifs is 1. The molecule has 0 bridgehead atoms. The monoisotopic (exact) mass is 285 g/mol. The van der Waals surface area contributed by atoms with Gasteiger partial charge in [0.1, 0.15) is 0 Å². The van der Waals surface area contributed by atoms with Crippen molar-refractivity contribution in [2.45, 2.75) is 45.4 Å². The molecule has 2 aliphatic rings. The number of nitrogens with one attached hydrogen (secondary N) is 1. The van der Waals surface area contributed by atoms with Gasteiger partial charge in [-0.25, -0.2) is 0 Å². The van der Waals surface area contributed by atoms with Crippen LogP contribution in [0.2, 0.25) is 0 Å². The number of hydrogen-bond donors (Lipinski definition) is 2. The van der Waals surface area contributed by atoms with Gasteiger partial charge in [-0.15, -0.1) is 0 Å². The number of hydrogen-bond acceptors (Lipinski definition) is 2. The molecular weight excluding hydrogens is 258 g/mol. The molecule has 0 heterocycles. The molecule has 0 amide bonds. The van der Waals surface area contributed by atoms with Gasteiger partial charge in [0.25, 0.3) is 0 Å². The van der Waals surface area contributed by atoms with Gasteiger partial charge in [-0.1, -0.05) is 12.1 Å². The van der Waals surface area contributed by atoms with Crippen molar-refractivity contribution in [3.05, 3.63) is 34.4 Å². The Morgan fingerprint density at radius 3 is 2.81 bits per heavy atom. The normalized spacial score (nSPS) is 18.0. The Bertz CT molecular complexity index is 530. The van der Waals surface area contributed by atoms with E-state index < -0.39 is 0 Å². The van der Waals surface area contributed by atoms with E-state index in [0.717, 1.165) is 37.8 Å². The molecule has 1 saturated carbocycles. The summed E-state index contributed by atoms with van der Waals surface area (Å²) in [5.41, 5.74) is 11.9. The van der Waals surface area contributed by atoms with Gasteiger partial charge >= 0.3 is 0 Å². The average molecular weight is 285 g/mol. The van der Waals surface area contributed by atoms with Gasteiger partial charge in [-0.2, -0.15) is 0 Å². The number of nitrogens with zero attached hydrogens (tertiary/aromatic N) is 1. The van der Waals surface area contributed by atoms with Gasteiger partial charge < -0.3 is 11.1 Å². The maximum absolute atomic E-state index is 6.10. The quantitative estimate of drug-likeness (QED) is 0.459. The van der Waals surface area contributed by atoms with Gasteiger partial charge in [0, 0.05) is 13.0 Å². The molecule has 0 saturated heterocycles. The van der Waals surface area contributed by atoms with Crippen LogP contribution >= 0.6 is 0 Å². The predicted octanol–water partition coefficient (Wildman–Crippen LogP) is 2.38. The fourth-order valence-electron chi connectivity index (χ4n) is 3.15. The van der Waals surface area contributed by atoms with Crippen molar-refractivity contribution < 1.29 is 0 Å². The van der Waals surface area contributed by atoms with E-state index in [1.54, 1.807) is 0 Å². The molecule has 0 spiro atoms. The predicted molar refractivity (Wildman–Crippen MR) is 89.0 cm³/mol. The Morgan fingerprint density at radius 2 is 2.05 bits per heavy atom. The van der Waals surface area contributed by atoms with Crippen molar-refractivity contribution in [3.8, 4) is 0 Å². The third-order valence-electron chi connectivity index (χ3n) is 4.66. The highest BCUT2D eigenvalue weighted by Crippen LogP contribution is 2.27. The van der Waals surface area contributed by atoms with Gasteiger partial charge in [0.15, 0.2) is 0 Å². The molecule has 0 radical (unpaired) electrons. The van der Waals surface area contributed by atoms with Crippen LogP contribution in [0, 0.1) is 12.8 Å². The first-order valence-electron chi connectivity index (χ1n) is 8.33. The standard InChI is InChI=1S/C18H27N3/c1-13-9-15-3-2-4-16(15)10-17(13)11-18(19)21-8-7-20-12-14-5-6-14/h9-10,14,20H,2-8,11-12H2,1H3,(H2,19,21). The highest BCUT2D eigenvalue weighted by atomic mass is 14.9. The van der Waals surface area contributed by atoms with Crippen molar-refractivity contribution in [2.24, 2.45) is 16.6 Å². The molecule has 1 fully saturated rings. The van der Waals surface area contributed by atoms with Crippen LogP contribution in [-0.4, -0.2) is 25.5 Å². The van der Waals surface area contributed by atoms with E-state index in [1.165, 1.54) is 54.4 Å². The van der Waals surface area contributed by atoms with Crippen LogP contribution in [0.3, 0.4) is 0 Å². The molecular formula is C18H27N3. The molecule has 2 aliphatic carbocycles. The SMILES string of the molecule is Cc1cc2c(cc1CC(N)=NCCNCC1CC1)CCC2. The third-order valence-corrected chi connectivity index (χ3v) is 4.66. The second kappa shape index (κ2) is 6.61. The van der Waals surface area contributed by atoms with Crippen LogP contribution < -0.4 is 11.1 Å². The lowest BCUT2D eigenvalue weighted by atomic mass is 9.98. The Morgan fingerprint density at radius 1 is 1.29 bits per heavy atom. The second-order valence-electron chi connectivity index (χ2n) is 6.60. The summed E-state index contributed by atoms with van der Waals surface area (Å²) < 4.78 is 0. The second-order valence-corrected chi connectivity index (χ2v) is 6.60. The van der Waals surface area contributed by atoms with Crippen LogP contribution in [0.15, 0.2) is 17.1 Å². The van der Waals surface area contributed by atoms with Gasteiger partial charge in [0.2, 0.25) is 0 Å². The zero-order valence-corrected chi connectivity index (χ0v) is 13.1. The molecule has 3 rings (SSSR count). The fourth-order valence-corrected chi connectivity index (χ4v) is 3.15. The van der Waals surface area contributed by atoms with Crippen molar-refractivity contribution in [3.63, 3.8) is 0 Å². The van der Waals surface area contributed by atoms with Gasteiger partial charge in [0.05, 0.1) is 12.4 Å². The number of nitrogens with two attached hydrogens (primary N) is 1. The van der Waals surface area contributed by atoms with Crippen molar-refractivity contribution in [1.29, 1.82) is 0 Å². The van der Waals surface area contributed by atoms with Crippen LogP contribution in [0.4, 0.5) is 0 Å². The number of benzene rings is 1. The first kappa shape index (κ1) is 14.6. The topological polar surface area (TPSA) is 50.4 Å². The molecule has 3 heteroatoms. The minimum Gasteiger partial charge on any atom is -0.387 e. The third kappa shape index (κ3) is 4.07. The van der Waals surface area contributed by atoms with Crippen molar-refractivity contribution in [1.82, 2.24) is 5.32 Å². The summed E-state index contributed by atoms with van der Waals surface area (Å²) in [5.74, 6) is 1.70. The van der Waals surface area contributed by atoms with Crippen molar-refractivity contribution >= 4 is 5.84 Å². The molecule has 0 unspecified atom stereocenters. The molecule has 1 aromatic rings. The zero-order valence-electron chi connectivity index (χ0n) is 13.1. The van der Waals surface area contributed by atoms with Crippen LogP contribution in [-0.2, 0) is 19.3 Å². The van der Waals surface area contributed by atoms with E-state index in [1.807, 2.05) is 0 Å². The largest absolute Gasteiger partial charge is 0.387 e. The van der Waals surface area contributed by atoms with Gasteiger partial charge in [-0.3, -0.25) is 4.99 Å². The van der Waals surface area contributed by atoms with Crippen molar-refractivity contribution in [2.75, 3.05) is 19.6 Å². The molecule has 114 valence electrons. The fraction of sp³-hybridized carbons (Fsp3) is 0.611. The Labute approximate surface area is 128 Å². The number of aliphatic imine (C=N–C) groups is 1. The van der Waals surface area contributed by atoms with E-state index in [4.69, 9.17) is 5.73 Å². The molecule has 3 nitrogen and oxygen atoms in total. The van der Waals surface area contributed by atoms with E-state index in [2.05, 4.69) is 29.4 Å². The Hall–Kier alpha value is -1.35. The first-order valence-corrected chi connectivity index (χ1v) is 8.33. The number of aryl methyl sites for hydroxylation is 3. The average Bonchev–Trinajstić information content (AvgIpc) is 3.17. The minimum atomic E-state index is 0.768. The smallest absolute Gasteiger partial charge is 0.0982 e. The van der Waals surface area contributed by atoms with Crippen LogP contribution in [0.25, 0.3) is 0 Å². The number of amidine groups is 1. The van der Waals surface area contributed by atoms with E-state index >= 15 is 0 Å². The highest BCUT2D eigenvalue weighted by molar-refractivity contribution is 5.83. The maximum Gasteiger partial charge on any atom is 0.0982 e. The van der Waals surface area contributed by atoms with E-state index in [9.17, 15) is 0 Å². The summed E-state index contributed by atoms with van der Waals surface area (Å²) in [6.45, 7) is 5.08. The maximum atomic E-state index is 6.10. The molecule has 0 aliphatic heterocycles. The molecule has 21 heavy (non-hydrogen) atoms. The molecule has 1 aromatic carbocycles. The molecule has 0 atom stereocenters. The summed E-state index contributed by atoms with van der Waals surface area (Å²) in [4.78, 5) is 4.50. The summed E-state index contributed by atoms with van der Waals surface area (Å²) >= 11 is 0. The van der Waals surface area contributed by atoms with E-state index in [0.29, 0.717) is 0 Å². The minimum absolute atomic E-state index is 0.768. The van der Waals surface area contributed by atoms with Crippen LogP contribution in [0.1, 0.15) is 41.5 Å². The molecule has 3 N–H and O–H groups in total. The van der Waals surface area contributed by atoms with E-state index in [-0.39, 0.29) is 0 Å². The lowest BCUT2D eigenvalue weighted by Crippen LogP contribution is -2.23. The summed E-state index contributed by atoms with van der Waals surface area (Å²) in [6, 6.07) is 4.70. The summed E-state index contributed by atoms with van der Waals surface area (Å²) in [7, 11) is 0. The Balaban J connectivity index is 1.50. The Kier molecular flexibility index (Phi) is 4.59. The lowest BCUT2D eigenvalue weighted by molar-refractivity contribution is 0.643. The van der Waals surface area contributed by atoms with Crippen LogP contribution in [0.5, 0.6) is 0 Å². The highest BCUT2D eigenvalue weighted by Gasteiger charge is 2.19. The summed E-state index contributed by atoms with van der Waals surface area (Å²) in [5, 5.41) is 3.45. The zero-order chi connectivity index (χ0) is 14.7. The lowest BCUT2D eigenvalue weighted by Gasteiger charge is -2.09. The number of rotatable bonds is 7.